The van der Waals surface area contributed by atoms with E-state index in [2.05, 4.69) is 30.4 Å². The van der Waals surface area contributed by atoms with Crippen LogP contribution in [0.3, 0.4) is 0 Å². The lowest BCUT2D eigenvalue weighted by Gasteiger charge is -2.17. The third-order valence-corrected chi connectivity index (χ3v) is 4.76. The first-order valence-electron chi connectivity index (χ1n) is 9.93. The summed E-state index contributed by atoms with van der Waals surface area (Å²) in [5.74, 6) is 3.23. The van der Waals surface area contributed by atoms with Gasteiger partial charge in [-0.1, -0.05) is 6.42 Å². The van der Waals surface area contributed by atoms with Gasteiger partial charge in [-0.2, -0.15) is 0 Å². The Labute approximate surface area is 188 Å². The van der Waals surface area contributed by atoms with E-state index < -0.39 is 0 Å². The van der Waals surface area contributed by atoms with Crippen molar-refractivity contribution in [3.8, 4) is 5.75 Å². The summed E-state index contributed by atoms with van der Waals surface area (Å²) in [6.07, 6.45) is 5.39. The fraction of sp³-hybridized carbons (Fsp3) is 0.550. The molecule has 1 unspecified atom stereocenters. The maximum atomic E-state index is 13.0. The molecule has 9 heteroatoms. The third-order valence-electron chi connectivity index (χ3n) is 4.76. The van der Waals surface area contributed by atoms with Gasteiger partial charge in [0.15, 0.2) is 5.96 Å². The molecular formula is C20H30FIN6O. The van der Waals surface area contributed by atoms with Gasteiger partial charge in [0.1, 0.15) is 29.3 Å². The van der Waals surface area contributed by atoms with Gasteiger partial charge in [-0.25, -0.2) is 4.39 Å². The van der Waals surface area contributed by atoms with Crippen LogP contribution in [0.25, 0.3) is 0 Å². The number of benzene rings is 1. The summed E-state index contributed by atoms with van der Waals surface area (Å²) in [7, 11) is 1.74. The van der Waals surface area contributed by atoms with Crippen molar-refractivity contribution in [3.05, 3.63) is 41.7 Å². The minimum Gasteiger partial charge on any atom is -0.489 e. The van der Waals surface area contributed by atoms with Gasteiger partial charge in [0.2, 0.25) is 0 Å². The van der Waals surface area contributed by atoms with Crippen LogP contribution in [-0.2, 0) is 19.4 Å². The highest BCUT2D eigenvalue weighted by molar-refractivity contribution is 14.0. The second-order valence-corrected chi connectivity index (χ2v) is 7.01. The van der Waals surface area contributed by atoms with Crippen LogP contribution >= 0.6 is 24.0 Å². The molecule has 29 heavy (non-hydrogen) atoms. The Balaban J connectivity index is 0.00000300. The summed E-state index contributed by atoms with van der Waals surface area (Å²) in [6.45, 7) is 4.28. The highest BCUT2D eigenvalue weighted by Crippen LogP contribution is 2.14. The average Bonchev–Trinajstić information content (AvgIpc) is 2.92. The predicted octanol–water partition coefficient (Wildman–Crippen LogP) is 2.94. The van der Waals surface area contributed by atoms with E-state index in [-0.39, 0.29) is 35.9 Å². The zero-order valence-corrected chi connectivity index (χ0v) is 19.4. The van der Waals surface area contributed by atoms with Crippen LogP contribution < -0.4 is 15.4 Å². The molecule has 2 aromatic rings. The van der Waals surface area contributed by atoms with Gasteiger partial charge in [0.05, 0.1) is 6.54 Å². The van der Waals surface area contributed by atoms with Crippen LogP contribution in [0.2, 0.25) is 0 Å². The monoisotopic (exact) mass is 516 g/mol. The maximum absolute atomic E-state index is 13.0. The lowest BCUT2D eigenvalue weighted by Crippen LogP contribution is -2.42. The second-order valence-electron chi connectivity index (χ2n) is 7.01. The zero-order chi connectivity index (χ0) is 19.8. The fourth-order valence-electron chi connectivity index (χ4n) is 3.27. The van der Waals surface area contributed by atoms with E-state index in [0.717, 1.165) is 37.6 Å². The van der Waals surface area contributed by atoms with Gasteiger partial charge in [-0.05, 0) is 44.0 Å². The van der Waals surface area contributed by atoms with Crippen molar-refractivity contribution in [3.63, 3.8) is 0 Å². The average molecular weight is 516 g/mol. The van der Waals surface area contributed by atoms with Gasteiger partial charge in [0.25, 0.3) is 0 Å². The van der Waals surface area contributed by atoms with Crippen LogP contribution in [0.15, 0.2) is 29.3 Å². The molecule has 1 aliphatic heterocycles. The molecule has 2 heterocycles. The summed E-state index contributed by atoms with van der Waals surface area (Å²) in [5, 5.41) is 15.3. The molecule has 2 N–H and O–H groups in total. The van der Waals surface area contributed by atoms with E-state index in [0.29, 0.717) is 18.3 Å². The summed E-state index contributed by atoms with van der Waals surface area (Å²) in [4.78, 5) is 4.25. The molecule has 1 aliphatic rings. The topological polar surface area (TPSA) is 76.4 Å². The molecule has 160 valence electrons. The number of guanidine groups is 1. The number of fused-ring (bicyclic) bond motifs is 1. The first-order valence-corrected chi connectivity index (χ1v) is 9.93. The number of nitrogens with one attached hydrogen (secondary N) is 2. The first-order chi connectivity index (χ1) is 13.7. The zero-order valence-electron chi connectivity index (χ0n) is 17.0. The van der Waals surface area contributed by atoms with Crippen molar-refractivity contribution in [2.45, 2.75) is 51.7 Å². The highest BCUT2D eigenvalue weighted by atomic mass is 127. The molecule has 0 saturated carbocycles. The number of rotatable bonds is 7. The highest BCUT2D eigenvalue weighted by Gasteiger charge is 2.14. The van der Waals surface area contributed by atoms with Gasteiger partial charge < -0.3 is 19.9 Å². The summed E-state index contributed by atoms with van der Waals surface area (Å²) in [6, 6.07) is 6.03. The number of nitrogens with zero attached hydrogens (tertiary/aromatic N) is 4. The van der Waals surface area contributed by atoms with Crippen molar-refractivity contribution in [1.82, 2.24) is 25.4 Å². The molecule has 0 saturated heterocycles. The Morgan fingerprint density at radius 1 is 1.21 bits per heavy atom. The second kappa shape index (κ2) is 11.9. The van der Waals surface area contributed by atoms with Crippen molar-refractivity contribution >= 4 is 29.9 Å². The molecule has 3 rings (SSSR count). The molecule has 1 aromatic carbocycles. The smallest absolute Gasteiger partial charge is 0.191 e. The van der Waals surface area contributed by atoms with Crippen LogP contribution in [0.4, 0.5) is 4.39 Å². The Kier molecular flexibility index (Phi) is 9.62. The number of hydrogen-bond acceptors (Lipinski definition) is 4. The van der Waals surface area contributed by atoms with Crippen molar-refractivity contribution in [1.29, 1.82) is 0 Å². The van der Waals surface area contributed by atoms with E-state index in [1.54, 1.807) is 19.2 Å². The first kappa shape index (κ1) is 23.4. The molecule has 0 spiro atoms. The van der Waals surface area contributed by atoms with Crippen molar-refractivity contribution in [2.24, 2.45) is 4.99 Å². The van der Waals surface area contributed by atoms with E-state index >= 15 is 0 Å². The van der Waals surface area contributed by atoms with E-state index in [1.807, 2.05) is 6.92 Å². The van der Waals surface area contributed by atoms with Gasteiger partial charge in [0, 0.05) is 33.0 Å². The Morgan fingerprint density at radius 3 is 2.76 bits per heavy atom. The standard InChI is InChI=1S/C20H29FN6O.HI/c1-15(28-17-9-7-16(21)8-10-17)14-24-20(22-2)23-12-11-19-26-25-18-6-4-3-5-13-27(18)19;/h7-10,15H,3-6,11-14H2,1-2H3,(H2,22,23,24);1H. The Hall–Kier alpha value is -1.91. The number of aryl methyl sites for hydroxylation is 1. The number of ether oxygens (including phenoxy) is 1. The van der Waals surface area contributed by atoms with Crippen LogP contribution in [0.5, 0.6) is 5.75 Å². The van der Waals surface area contributed by atoms with E-state index in [9.17, 15) is 4.39 Å². The normalized spacial score (nSPS) is 14.9. The SMILES string of the molecule is CN=C(NCCc1nnc2n1CCCCC2)NCC(C)Oc1ccc(F)cc1.I. The van der Waals surface area contributed by atoms with Gasteiger partial charge in [-0.15, -0.1) is 34.2 Å². The molecule has 0 amide bonds. The fourth-order valence-corrected chi connectivity index (χ4v) is 3.27. The van der Waals surface area contributed by atoms with Crippen molar-refractivity contribution in [2.75, 3.05) is 20.1 Å². The number of hydrogen-bond donors (Lipinski definition) is 2. The molecule has 0 fully saturated rings. The molecule has 1 aromatic heterocycles. The quantitative estimate of drug-likeness (QED) is 0.337. The molecular weight excluding hydrogens is 486 g/mol. The molecule has 1 atom stereocenters. The molecule has 7 nitrogen and oxygen atoms in total. The minimum atomic E-state index is -0.271. The van der Waals surface area contributed by atoms with Gasteiger partial charge in [-0.3, -0.25) is 4.99 Å². The lowest BCUT2D eigenvalue weighted by atomic mass is 10.2. The number of aromatic nitrogens is 3. The minimum absolute atomic E-state index is 0. The van der Waals surface area contributed by atoms with E-state index in [4.69, 9.17) is 4.74 Å². The summed E-state index contributed by atoms with van der Waals surface area (Å²) < 4.78 is 21.0. The summed E-state index contributed by atoms with van der Waals surface area (Å²) >= 11 is 0. The van der Waals surface area contributed by atoms with Gasteiger partial charge >= 0.3 is 0 Å². The Bertz CT molecular complexity index is 780. The van der Waals surface area contributed by atoms with E-state index in [1.165, 1.54) is 31.4 Å². The maximum Gasteiger partial charge on any atom is 0.191 e. The Morgan fingerprint density at radius 2 is 2.00 bits per heavy atom. The van der Waals surface area contributed by atoms with Crippen LogP contribution in [0.1, 0.15) is 37.8 Å². The number of aliphatic imine (C=N–C) groups is 1. The number of halogens is 2. The largest absolute Gasteiger partial charge is 0.489 e. The molecule has 0 radical (unpaired) electrons. The van der Waals surface area contributed by atoms with Crippen LogP contribution in [-0.4, -0.2) is 47.0 Å². The molecule has 0 bridgehead atoms. The predicted molar refractivity (Wildman–Crippen MR) is 123 cm³/mol. The summed E-state index contributed by atoms with van der Waals surface area (Å²) in [5.41, 5.74) is 0. The molecule has 0 aliphatic carbocycles. The van der Waals surface area contributed by atoms with Crippen LogP contribution in [0, 0.1) is 5.82 Å². The lowest BCUT2D eigenvalue weighted by molar-refractivity contribution is 0.223. The van der Waals surface area contributed by atoms with Crippen molar-refractivity contribution < 1.29 is 9.13 Å². The third kappa shape index (κ3) is 7.13.